The zero-order chi connectivity index (χ0) is 14.1. The summed E-state index contributed by atoms with van der Waals surface area (Å²) in [5, 5.41) is 3.81. The fourth-order valence-corrected chi connectivity index (χ4v) is 2.28. The molecule has 0 spiro atoms. The van der Waals surface area contributed by atoms with Crippen molar-refractivity contribution in [3.8, 4) is 0 Å². The van der Waals surface area contributed by atoms with E-state index in [4.69, 9.17) is 11.6 Å². The third kappa shape index (κ3) is 2.35. The van der Waals surface area contributed by atoms with Gasteiger partial charge < -0.3 is 4.98 Å². The number of H-pyrrole nitrogens is 1. The van der Waals surface area contributed by atoms with Gasteiger partial charge in [0.2, 0.25) is 5.95 Å². The molecule has 2 aromatic heterocycles. The Hall–Kier alpha value is -2.40. The Morgan fingerprint density at radius 2 is 2.15 bits per heavy atom. The molecule has 0 saturated heterocycles. The van der Waals surface area contributed by atoms with Gasteiger partial charge in [-0.25, -0.2) is 9.97 Å². The molecule has 3 aromatic rings. The topological polar surface area (TPSA) is 70.7 Å². The molecule has 1 aromatic carbocycles. The van der Waals surface area contributed by atoms with E-state index in [2.05, 4.69) is 20.3 Å². The van der Waals surface area contributed by atoms with Crippen LogP contribution in [0.2, 0.25) is 5.15 Å². The van der Waals surface area contributed by atoms with Gasteiger partial charge in [0, 0.05) is 28.4 Å². The van der Waals surface area contributed by atoms with Crippen LogP contribution in [0.3, 0.4) is 0 Å². The average Bonchev–Trinajstić information content (AvgIpc) is 2.85. The zero-order valence-corrected chi connectivity index (χ0v) is 11.4. The number of anilines is 1. The SMILES string of the molecule is Cc1cc(Cl)nc(NC(=O)c2cccc3[nH]ccc23)n1. The van der Waals surface area contributed by atoms with Crippen LogP contribution in [0.25, 0.3) is 10.9 Å². The number of aromatic nitrogens is 3. The van der Waals surface area contributed by atoms with E-state index in [1.54, 1.807) is 25.3 Å². The molecule has 0 aliphatic rings. The van der Waals surface area contributed by atoms with Crippen molar-refractivity contribution in [1.82, 2.24) is 15.0 Å². The van der Waals surface area contributed by atoms with E-state index in [1.807, 2.05) is 18.2 Å². The third-order valence-electron chi connectivity index (χ3n) is 2.89. The Morgan fingerprint density at radius 1 is 1.30 bits per heavy atom. The Kier molecular flexibility index (Phi) is 3.12. The largest absolute Gasteiger partial charge is 0.361 e. The summed E-state index contributed by atoms with van der Waals surface area (Å²) in [6.45, 7) is 1.79. The van der Waals surface area contributed by atoms with Gasteiger partial charge in [0.05, 0.1) is 0 Å². The second-order valence-corrected chi connectivity index (χ2v) is 4.74. The highest BCUT2D eigenvalue weighted by Crippen LogP contribution is 2.18. The second-order valence-electron chi connectivity index (χ2n) is 4.35. The van der Waals surface area contributed by atoms with Gasteiger partial charge in [-0.2, -0.15) is 0 Å². The molecule has 0 unspecified atom stereocenters. The van der Waals surface area contributed by atoms with Crippen LogP contribution in [0.5, 0.6) is 0 Å². The summed E-state index contributed by atoms with van der Waals surface area (Å²) in [4.78, 5) is 23.5. The average molecular weight is 287 g/mol. The number of amides is 1. The van der Waals surface area contributed by atoms with E-state index in [-0.39, 0.29) is 11.9 Å². The van der Waals surface area contributed by atoms with E-state index < -0.39 is 0 Å². The van der Waals surface area contributed by atoms with E-state index in [0.29, 0.717) is 16.4 Å². The van der Waals surface area contributed by atoms with Crippen molar-refractivity contribution in [2.75, 3.05) is 5.32 Å². The highest BCUT2D eigenvalue weighted by molar-refractivity contribution is 6.29. The van der Waals surface area contributed by atoms with Gasteiger partial charge in [0.25, 0.3) is 5.91 Å². The number of hydrogen-bond acceptors (Lipinski definition) is 3. The number of halogens is 1. The molecule has 0 fully saturated rings. The van der Waals surface area contributed by atoms with E-state index in [0.717, 1.165) is 10.9 Å². The predicted octanol–water partition coefficient (Wildman–Crippen LogP) is 3.17. The van der Waals surface area contributed by atoms with Crippen LogP contribution in [0, 0.1) is 6.92 Å². The van der Waals surface area contributed by atoms with Crippen LogP contribution in [-0.4, -0.2) is 20.9 Å². The number of aryl methyl sites for hydroxylation is 1. The third-order valence-corrected chi connectivity index (χ3v) is 3.08. The number of nitrogens with one attached hydrogen (secondary N) is 2. The molecule has 0 aliphatic carbocycles. The monoisotopic (exact) mass is 286 g/mol. The van der Waals surface area contributed by atoms with Crippen LogP contribution in [0.4, 0.5) is 5.95 Å². The molecule has 0 radical (unpaired) electrons. The summed E-state index contributed by atoms with van der Waals surface area (Å²) in [6, 6.07) is 8.96. The first-order chi connectivity index (χ1) is 9.63. The van der Waals surface area contributed by atoms with Crippen LogP contribution in [0.15, 0.2) is 36.5 Å². The maximum atomic E-state index is 12.3. The molecule has 100 valence electrons. The first kappa shape index (κ1) is 12.6. The molecular weight excluding hydrogens is 276 g/mol. The zero-order valence-electron chi connectivity index (χ0n) is 10.6. The van der Waals surface area contributed by atoms with Crippen LogP contribution in [0.1, 0.15) is 16.1 Å². The minimum atomic E-state index is -0.267. The Labute approximate surface area is 120 Å². The van der Waals surface area contributed by atoms with Crippen molar-refractivity contribution in [1.29, 1.82) is 0 Å². The van der Waals surface area contributed by atoms with Gasteiger partial charge in [0.1, 0.15) is 5.15 Å². The van der Waals surface area contributed by atoms with Gasteiger partial charge in [-0.1, -0.05) is 17.7 Å². The van der Waals surface area contributed by atoms with Gasteiger partial charge >= 0.3 is 0 Å². The molecule has 0 atom stereocenters. The lowest BCUT2D eigenvalue weighted by atomic mass is 10.1. The minimum absolute atomic E-state index is 0.201. The Morgan fingerprint density at radius 3 is 2.95 bits per heavy atom. The normalized spacial score (nSPS) is 10.7. The second kappa shape index (κ2) is 4.94. The molecule has 1 amide bonds. The smallest absolute Gasteiger partial charge is 0.258 e. The maximum Gasteiger partial charge on any atom is 0.258 e. The molecule has 2 heterocycles. The molecule has 3 rings (SSSR count). The summed E-state index contributed by atoms with van der Waals surface area (Å²) < 4.78 is 0. The fraction of sp³-hybridized carbons (Fsp3) is 0.0714. The highest BCUT2D eigenvalue weighted by Gasteiger charge is 2.12. The lowest BCUT2D eigenvalue weighted by Gasteiger charge is -2.06. The molecule has 2 N–H and O–H groups in total. The lowest BCUT2D eigenvalue weighted by molar-refractivity contribution is 0.102. The van der Waals surface area contributed by atoms with Gasteiger partial charge in [-0.3, -0.25) is 10.1 Å². The van der Waals surface area contributed by atoms with Gasteiger partial charge in [-0.15, -0.1) is 0 Å². The predicted molar refractivity (Wildman–Crippen MR) is 78.0 cm³/mol. The molecule has 20 heavy (non-hydrogen) atoms. The standard InChI is InChI=1S/C14H11ClN4O/c1-8-7-12(15)18-14(17-8)19-13(20)10-3-2-4-11-9(10)5-6-16-11/h2-7,16H,1H3,(H,17,18,19,20). The van der Waals surface area contributed by atoms with Crippen LogP contribution < -0.4 is 5.32 Å². The molecule has 0 aliphatic heterocycles. The molecule has 0 saturated carbocycles. The molecular formula is C14H11ClN4O. The summed E-state index contributed by atoms with van der Waals surface area (Å²) in [6.07, 6.45) is 1.79. The Balaban J connectivity index is 1.95. The summed E-state index contributed by atoms with van der Waals surface area (Å²) >= 11 is 5.85. The quantitative estimate of drug-likeness (QED) is 0.711. The number of carbonyl (C=O) groups excluding carboxylic acids is 1. The minimum Gasteiger partial charge on any atom is -0.361 e. The van der Waals surface area contributed by atoms with Crippen LogP contribution >= 0.6 is 11.6 Å². The highest BCUT2D eigenvalue weighted by atomic mass is 35.5. The van der Waals surface area contributed by atoms with Gasteiger partial charge in [-0.05, 0) is 31.2 Å². The van der Waals surface area contributed by atoms with Crippen molar-refractivity contribution >= 4 is 34.4 Å². The van der Waals surface area contributed by atoms with Crippen LogP contribution in [-0.2, 0) is 0 Å². The Bertz CT molecular complexity index is 776. The molecule has 0 bridgehead atoms. The number of nitrogens with zero attached hydrogens (tertiary/aromatic N) is 2. The van der Waals surface area contributed by atoms with E-state index >= 15 is 0 Å². The van der Waals surface area contributed by atoms with Gasteiger partial charge in [0.15, 0.2) is 0 Å². The number of rotatable bonds is 2. The van der Waals surface area contributed by atoms with Crippen molar-refractivity contribution in [3.63, 3.8) is 0 Å². The lowest BCUT2D eigenvalue weighted by Crippen LogP contribution is -2.14. The van der Waals surface area contributed by atoms with E-state index in [1.165, 1.54) is 0 Å². The first-order valence-electron chi connectivity index (χ1n) is 6.02. The van der Waals surface area contributed by atoms with Crippen molar-refractivity contribution in [3.05, 3.63) is 52.9 Å². The first-order valence-corrected chi connectivity index (χ1v) is 6.40. The number of fused-ring (bicyclic) bond motifs is 1. The summed E-state index contributed by atoms with van der Waals surface area (Å²) in [7, 11) is 0. The van der Waals surface area contributed by atoms with Crippen molar-refractivity contribution in [2.24, 2.45) is 0 Å². The summed E-state index contributed by atoms with van der Waals surface area (Å²) in [5.41, 5.74) is 2.16. The molecule has 5 nitrogen and oxygen atoms in total. The fourth-order valence-electron chi connectivity index (χ4n) is 2.04. The van der Waals surface area contributed by atoms with Crippen molar-refractivity contribution in [2.45, 2.75) is 6.92 Å². The van der Waals surface area contributed by atoms with Crippen molar-refractivity contribution < 1.29 is 4.79 Å². The number of hydrogen-bond donors (Lipinski definition) is 2. The number of carbonyl (C=O) groups is 1. The van der Waals surface area contributed by atoms with E-state index in [9.17, 15) is 4.79 Å². The summed E-state index contributed by atoms with van der Waals surface area (Å²) in [5.74, 6) is -0.0654. The molecule has 6 heteroatoms. The maximum absolute atomic E-state index is 12.3. The number of aromatic amines is 1. The number of benzene rings is 1.